The smallest absolute Gasteiger partial charge is 0.270 e. The number of pyridine rings is 1. The van der Waals surface area contributed by atoms with Crippen molar-refractivity contribution < 1.29 is 9.53 Å². The molecule has 1 saturated heterocycles. The predicted octanol–water partition coefficient (Wildman–Crippen LogP) is 1.62. The Balaban J connectivity index is 1.60. The summed E-state index contributed by atoms with van der Waals surface area (Å²) < 4.78 is 5.85. The number of nitrogens with zero attached hydrogens (tertiary/aromatic N) is 2. The number of piperidine rings is 1. The minimum absolute atomic E-state index is 0.104. The molecule has 0 aromatic carbocycles. The van der Waals surface area contributed by atoms with Crippen molar-refractivity contribution in [1.82, 2.24) is 15.2 Å². The van der Waals surface area contributed by atoms with Gasteiger partial charge in [0.2, 0.25) is 0 Å². The number of carbonyl (C=O) groups is 1. The van der Waals surface area contributed by atoms with Crippen LogP contribution in [0.1, 0.15) is 35.3 Å². The van der Waals surface area contributed by atoms with Gasteiger partial charge in [0.25, 0.3) is 5.91 Å². The Morgan fingerprint density at radius 2 is 2.24 bits per heavy atom. The number of aromatic nitrogens is 1. The first kappa shape index (κ1) is 15.9. The number of carbonyl (C=O) groups excluding carboxylic acids is 1. The third-order valence-corrected chi connectivity index (χ3v) is 3.85. The van der Waals surface area contributed by atoms with Gasteiger partial charge in [0, 0.05) is 32.4 Å². The van der Waals surface area contributed by atoms with Crippen LogP contribution in [0, 0.1) is 6.92 Å². The highest BCUT2D eigenvalue weighted by molar-refractivity contribution is 5.93. The molecule has 1 aliphatic heterocycles. The van der Waals surface area contributed by atoms with Crippen molar-refractivity contribution in [1.29, 1.82) is 0 Å². The first-order chi connectivity index (χ1) is 10.2. The molecule has 5 heteroatoms. The van der Waals surface area contributed by atoms with Crippen LogP contribution in [0.2, 0.25) is 0 Å². The molecule has 1 fully saturated rings. The third kappa shape index (κ3) is 5.10. The van der Waals surface area contributed by atoms with E-state index in [9.17, 15) is 4.79 Å². The standard InChI is InChI=1S/C16H25N3O2/c1-13-5-3-8-17-15(13)16(20)18-9-4-12-21-14-6-10-19(2)11-7-14/h3,5,8,14H,4,6-7,9-12H2,1-2H3,(H,18,20). The number of amides is 1. The van der Waals surface area contributed by atoms with Gasteiger partial charge in [0.1, 0.15) is 5.69 Å². The molecule has 1 N–H and O–H groups in total. The van der Waals surface area contributed by atoms with Crippen molar-refractivity contribution in [3.8, 4) is 0 Å². The van der Waals surface area contributed by atoms with E-state index in [1.54, 1.807) is 6.20 Å². The quantitative estimate of drug-likeness (QED) is 0.809. The Morgan fingerprint density at radius 3 is 2.95 bits per heavy atom. The Morgan fingerprint density at radius 1 is 1.48 bits per heavy atom. The average molecular weight is 291 g/mol. The van der Waals surface area contributed by atoms with Crippen molar-refractivity contribution in [2.24, 2.45) is 0 Å². The maximum atomic E-state index is 11.9. The molecule has 2 rings (SSSR count). The zero-order valence-corrected chi connectivity index (χ0v) is 13.0. The lowest BCUT2D eigenvalue weighted by molar-refractivity contribution is 0.0117. The summed E-state index contributed by atoms with van der Waals surface area (Å²) in [4.78, 5) is 18.4. The average Bonchev–Trinajstić information content (AvgIpc) is 2.49. The van der Waals surface area contributed by atoms with E-state index in [-0.39, 0.29) is 5.91 Å². The Hall–Kier alpha value is -1.46. The summed E-state index contributed by atoms with van der Waals surface area (Å²) in [6.07, 6.45) is 5.08. The lowest BCUT2D eigenvalue weighted by Crippen LogP contribution is -2.34. The molecule has 0 bridgehead atoms. The second-order valence-corrected chi connectivity index (χ2v) is 5.65. The molecule has 2 heterocycles. The second-order valence-electron chi connectivity index (χ2n) is 5.65. The lowest BCUT2D eigenvalue weighted by atomic mass is 10.1. The molecule has 0 radical (unpaired) electrons. The first-order valence-corrected chi connectivity index (χ1v) is 7.67. The van der Waals surface area contributed by atoms with Crippen LogP contribution >= 0.6 is 0 Å². The zero-order chi connectivity index (χ0) is 15.1. The van der Waals surface area contributed by atoms with Crippen molar-refractivity contribution in [2.45, 2.75) is 32.3 Å². The van der Waals surface area contributed by atoms with E-state index in [0.717, 1.165) is 37.9 Å². The van der Waals surface area contributed by atoms with Gasteiger partial charge in [0.05, 0.1) is 6.10 Å². The van der Waals surface area contributed by atoms with Gasteiger partial charge >= 0.3 is 0 Å². The van der Waals surface area contributed by atoms with E-state index in [0.29, 0.717) is 24.9 Å². The van der Waals surface area contributed by atoms with Crippen LogP contribution in [-0.4, -0.2) is 55.2 Å². The molecule has 0 atom stereocenters. The molecule has 0 aliphatic carbocycles. The van der Waals surface area contributed by atoms with Crippen LogP contribution < -0.4 is 5.32 Å². The summed E-state index contributed by atoms with van der Waals surface area (Å²) in [7, 11) is 2.14. The van der Waals surface area contributed by atoms with E-state index in [4.69, 9.17) is 4.74 Å². The summed E-state index contributed by atoms with van der Waals surface area (Å²) >= 11 is 0. The van der Waals surface area contributed by atoms with Crippen LogP contribution in [0.25, 0.3) is 0 Å². The Labute approximate surface area is 126 Å². The molecular formula is C16H25N3O2. The van der Waals surface area contributed by atoms with E-state index in [1.165, 1.54) is 0 Å². The maximum absolute atomic E-state index is 11.9. The number of rotatable bonds is 6. The fourth-order valence-corrected chi connectivity index (χ4v) is 2.48. The van der Waals surface area contributed by atoms with Crippen molar-refractivity contribution in [3.63, 3.8) is 0 Å². The minimum atomic E-state index is -0.104. The number of hydrogen-bond acceptors (Lipinski definition) is 4. The first-order valence-electron chi connectivity index (χ1n) is 7.67. The number of likely N-dealkylation sites (tertiary alicyclic amines) is 1. The number of ether oxygens (including phenoxy) is 1. The fraction of sp³-hybridized carbons (Fsp3) is 0.625. The van der Waals surface area contributed by atoms with Crippen LogP contribution in [0.3, 0.4) is 0 Å². The molecule has 1 amide bonds. The minimum Gasteiger partial charge on any atom is -0.378 e. The molecule has 116 valence electrons. The van der Waals surface area contributed by atoms with Crippen LogP contribution in [-0.2, 0) is 4.74 Å². The topological polar surface area (TPSA) is 54.5 Å². The van der Waals surface area contributed by atoms with Gasteiger partial charge in [-0.15, -0.1) is 0 Å². The van der Waals surface area contributed by atoms with E-state index in [1.807, 2.05) is 19.1 Å². The number of aryl methyl sites for hydroxylation is 1. The van der Waals surface area contributed by atoms with Crippen LogP contribution in [0.15, 0.2) is 18.3 Å². The van der Waals surface area contributed by atoms with Crippen molar-refractivity contribution in [2.75, 3.05) is 33.3 Å². The molecular weight excluding hydrogens is 266 g/mol. The van der Waals surface area contributed by atoms with Gasteiger partial charge in [-0.3, -0.25) is 9.78 Å². The number of hydrogen-bond donors (Lipinski definition) is 1. The Kier molecular flexibility index (Phi) is 6.14. The molecule has 1 aliphatic rings. The van der Waals surface area contributed by atoms with Crippen molar-refractivity contribution >= 4 is 5.91 Å². The SMILES string of the molecule is Cc1cccnc1C(=O)NCCCOC1CCN(C)CC1. The molecule has 1 aromatic rings. The monoisotopic (exact) mass is 291 g/mol. The second kappa shape index (κ2) is 8.10. The molecule has 0 unspecified atom stereocenters. The molecule has 5 nitrogen and oxygen atoms in total. The summed E-state index contributed by atoms with van der Waals surface area (Å²) in [6.45, 7) is 5.45. The summed E-state index contributed by atoms with van der Waals surface area (Å²) in [5.74, 6) is -0.104. The van der Waals surface area contributed by atoms with Gasteiger partial charge in [0.15, 0.2) is 0 Å². The molecule has 0 saturated carbocycles. The van der Waals surface area contributed by atoms with E-state index >= 15 is 0 Å². The van der Waals surface area contributed by atoms with Crippen LogP contribution in [0.4, 0.5) is 0 Å². The van der Waals surface area contributed by atoms with Gasteiger partial charge in [-0.05, 0) is 44.9 Å². The molecule has 21 heavy (non-hydrogen) atoms. The van der Waals surface area contributed by atoms with Gasteiger partial charge in [-0.2, -0.15) is 0 Å². The summed E-state index contributed by atoms with van der Waals surface area (Å²) in [5, 5.41) is 2.89. The van der Waals surface area contributed by atoms with E-state index in [2.05, 4.69) is 22.2 Å². The fourth-order valence-electron chi connectivity index (χ4n) is 2.48. The van der Waals surface area contributed by atoms with Gasteiger partial charge in [-0.25, -0.2) is 0 Å². The van der Waals surface area contributed by atoms with Gasteiger partial charge in [-0.1, -0.05) is 6.07 Å². The zero-order valence-electron chi connectivity index (χ0n) is 13.0. The van der Waals surface area contributed by atoms with Crippen LogP contribution in [0.5, 0.6) is 0 Å². The normalized spacial score (nSPS) is 16.9. The van der Waals surface area contributed by atoms with Gasteiger partial charge < -0.3 is 15.0 Å². The maximum Gasteiger partial charge on any atom is 0.270 e. The summed E-state index contributed by atoms with van der Waals surface area (Å²) in [6, 6.07) is 3.73. The number of nitrogens with one attached hydrogen (secondary N) is 1. The summed E-state index contributed by atoms with van der Waals surface area (Å²) in [5.41, 5.74) is 1.41. The highest BCUT2D eigenvalue weighted by Crippen LogP contribution is 2.12. The van der Waals surface area contributed by atoms with E-state index < -0.39 is 0 Å². The highest BCUT2D eigenvalue weighted by Gasteiger charge is 2.16. The lowest BCUT2D eigenvalue weighted by Gasteiger charge is -2.28. The molecule has 1 aromatic heterocycles. The molecule has 0 spiro atoms. The highest BCUT2D eigenvalue weighted by atomic mass is 16.5. The van der Waals surface area contributed by atoms with Crippen molar-refractivity contribution in [3.05, 3.63) is 29.6 Å². The largest absolute Gasteiger partial charge is 0.378 e. The Bertz CT molecular complexity index is 457. The predicted molar refractivity (Wildman–Crippen MR) is 82.4 cm³/mol. The third-order valence-electron chi connectivity index (χ3n) is 3.85.